The van der Waals surface area contributed by atoms with Crippen LogP contribution in [0.25, 0.3) is 0 Å². The molecule has 0 bridgehead atoms. The highest BCUT2D eigenvalue weighted by Crippen LogP contribution is 2.25. The fourth-order valence-corrected chi connectivity index (χ4v) is 2.57. The molecule has 1 heterocycles. The van der Waals surface area contributed by atoms with Gasteiger partial charge in [-0.2, -0.15) is 4.39 Å². The number of halogens is 1. The van der Waals surface area contributed by atoms with E-state index in [4.69, 9.17) is 4.74 Å². The van der Waals surface area contributed by atoms with E-state index >= 15 is 0 Å². The predicted molar refractivity (Wildman–Crippen MR) is 99.2 cm³/mol. The average Bonchev–Trinajstić information content (AvgIpc) is 2.62. The summed E-state index contributed by atoms with van der Waals surface area (Å²) >= 11 is 0. The molecule has 3 aromatic rings. The Balaban J connectivity index is 1.75. The SMILES string of the molecule is CCc1cccc(Oc2cccc(NC(=O)c3ccc(F)nc3C)c2)c1. The second kappa shape index (κ2) is 7.78. The minimum atomic E-state index is -0.608. The third kappa shape index (κ3) is 4.25. The number of carbonyl (C=O) groups excluding carboxylic acids is 1. The van der Waals surface area contributed by atoms with Crippen LogP contribution in [0.1, 0.15) is 28.5 Å². The van der Waals surface area contributed by atoms with Crippen molar-refractivity contribution in [1.29, 1.82) is 0 Å². The third-order valence-corrected chi connectivity index (χ3v) is 3.93. The van der Waals surface area contributed by atoms with Gasteiger partial charge in [-0.25, -0.2) is 4.98 Å². The van der Waals surface area contributed by atoms with Crippen LogP contribution in [0.5, 0.6) is 11.5 Å². The molecule has 4 nitrogen and oxygen atoms in total. The van der Waals surface area contributed by atoms with Gasteiger partial charge in [-0.05, 0) is 55.3 Å². The van der Waals surface area contributed by atoms with Crippen molar-refractivity contribution in [2.75, 3.05) is 5.32 Å². The van der Waals surface area contributed by atoms with E-state index in [9.17, 15) is 9.18 Å². The summed E-state index contributed by atoms with van der Waals surface area (Å²) in [5.74, 6) is 0.403. The van der Waals surface area contributed by atoms with Crippen LogP contribution in [-0.2, 0) is 6.42 Å². The molecule has 0 saturated heterocycles. The molecule has 26 heavy (non-hydrogen) atoms. The quantitative estimate of drug-likeness (QED) is 0.649. The molecular formula is C21H19FN2O2. The minimum absolute atomic E-state index is 0.327. The number of nitrogens with one attached hydrogen (secondary N) is 1. The Morgan fingerprint density at radius 1 is 1.08 bits per heavy atom. The molecule has 0 aliphatic carbocycles. The van der Waals surface area contributed by atoms with Gasteiger partial charge in [0.1, 0.15) is 11.5 Å². The van der Waals surface area contributed by atoms with E-state index in [0.717, 1.165) is 12.2 Å². The van der Waals surface area contributed by atoms with Crippen LogP contribution in [0.4, 0.5) is 10.1 Å². The molecule has 0 aliphatic rings. The first-order valence-corrected chi connectivity index (χ1v) is 8.36. The van der Waals surface area contributed by atoms with E-state index < -0.39 is 5.95 Å². The lowest BCUT2D eigenvalue weighted by Gasteiger charge is -2.10. The van der Waals surface area contributed by atoms with E-state index in [2.05, 4.69) is 17.2 Å². The normalized spacial score (nSPS) is 10.4. The highest BCUT2D eigenvalue weighted by Gasteiger charge is 2.11. The first-order valence-electron chi connectivity index (χ1n) is 8.36. The lowest BCUT2D eigenvalue weighted by Crippen LogP contribution is -2.14. The molecule has 1 aromatic heterocycles. The number of benzene rings is 2. The summed E-state index contributed by atoms with van der Waals surface area (Å²) in [6, 6.07) is 17.6. The van der Waals surface area contributed by atoms with Crippen molar-refractivity contribution in [3.05, 3.63) is 83.4 Å². The Morgan fingerprint density at radius 2 is 1.81 bits per heavy atom. The van der Waals surface area contributed by atoms with Crippen LogP contribution in [0.3, 0.4) is 0 Å². The molecule has 2 aromatic carbocycles. The molecule has 0 atom stereocenters. The van der Waals surface area contributed by atoms with Crippen molar-refractivity contribution >= 4 is 11.6 Å². The number of anilines is 1. The van der Waals surface area contributed by atoms with Gasteiger partial charge in [-0.1, -0.05) is 25.1 Å². The van der Waals surface area contributed by atoms with Gasteiger partial charge in [-0.3, -0.25) is 4.79 Å². The van der Waals surface area contributed by atoms with Crippen LogP contribution in [-0.4, -0.2) is 10.9 Å². The number of hydrogen-bond donors (Lipinski definition) is 1. The number of hydrogen-bond acceptors (Lipinski definition) is 3. The molecule has 0 aliphatic heterocycles. The van der Waals surface area contributed by atoms with Crippen LogP contribution >= 0.6 is 0 Å². The summed E-state index contributed by atoms with van der Waals surface area (Å²) in [6.07, 6.45) is 0.929. The smallest absolute Gasteiger partial charge is 0.257 e. The summed E-state index contributed by atoms with van der Waals surface area (Å²) < 4.78 is 19.0. The van der Waals surface area contributed by atoms with Gasteiger partial charge < -0.3 is 10.1 Å². The van der Waals surface area contributed by atoms with E-state index in [1.807, 2.05) is 30.3 Å². The fraction of sp³-hybridized carbons (Fsp3) is 0.143. The van der Waals surface area contributed by atoms with Crippen LogP contribution in [0.2, 0.25) is 0 Å². The maximum atomic E-state index is 13.1. The fourth-order valence-electron chi connectivity index (χ4n) is 2.57. The lowest BCUT2D eigenvalue weighted by molar-refractivity contribution is 0.102. The first-order chi connectivity index (χ1) is 12.5. The zero-order valence-corrected chi connectivity index (χ0v) is 14.6. The van der Waals surface area contributed by atoms with Gasteiger partial charge >= 0.3 is 0 Å². The standard InChI is InChI=1S/C21H19FN2O2/c1-3-15-6-4-8-17(12-15)26-18-9-5-7-16(13-18)24-21(25)19-10-11-20(22)23-14(19)2/h4-13H,3H2,1-2H3,(H,24,25). The van der Waals surface area contributed by atoms with Crippen molar-refractivity contribution in [2.24, 2.45) is 0 Å². The topological polar surface area (TPSA) is 51.2 Å². The zero-order valence-electron chi connectivity index (χ0n) is 14.6. The van der Waals surface area contributed by atoms with Crippen molar-refractivity contribution in [1.82, 2.24) is 4.98 Å². The highest BCUT2D eigenvalue weighted by atomic mass is 19.1. The number of aromatic nitrogens is 1. The molecule has 0 saturated carbocycles. The maximum absolute atomic E-state index is 13.1. The lowest BCUT2D eigenvalue weighted by atomic mass is 10.1. The highest BCUT2D eigenvalue weighted by molar-refractivity contribution is 6.05. The number of aryl methyl sites for hydroxylation is 2. The van der Waals surface area contributed by atoms with E-state index in [1.165, 1.54) is 17.7 Å². The van der Waals surface area contributed by atoms with Gasteiger partial charge in [-0.15, -0.1) is 0 Å². The second-order valence-corrected chi connectivity index (χ2v) is 5.85. The Bertz CT molecular complexity index is 941. The van der Waals surface area contributed by atoms with Gasteiger partial charge in [0.25, 0.3) is 5.91 Å². The molecule has 0 fully saturated rings. The molecule has 5 heteroatoms. The number of rotatable bonds is 5. The van der Waals surface area contributed by atoms with Gasteiger partial charge in [0.05, 0.1) is 11.3 Å². The molecule has 0 radical (unpaired) electrons. The van der Waals surface area contributed by atoms with E-state index in [1.54, 1.807) is 25.1 Å². The van der Waals surface area contributed by atoms with E-state index in [0.29, 0.717) is 22.7 Å². The van der Waals surface area contributed by atoms with Gasteiger partial charge in [0.15, 0.2) is 0 Å². The minimum Gasteiger partial charge on any atom is -0.457 e. The Kier molecular flexibility index (Phi) is 5.27. The zero-order chi connectivity index (χ0) is 18.5. The summed E-state index contributed by atoms with van der Waals surface area (Å²) in [7, 11) is 0. The van der Waals surface area contributed by atoms with Crippen molar-refractivity contribution in [3.8, 4) is 11.5 Å². The molecular weight excluding hydrogens is 331 g/mol. The third-order valence-electron chi connectivity index (χ3n) is 3.93. The summed E-state index contributed by atoms with van der Waals surface area (Å²) in [4.78, 5) is 16.1. The van der Waals surface area contributed by atoms with Crippen molar-refractivity contribution in [2.45, 2.75) is 20.3 Å². The molecule has 1 amide bonds. The maximum Gasteiger partial charge on any atom is 0.257 e. The van der Waals surface area contributed by atoms with Crippen LogP contribution < -0.4 is 10.1 Å². The predicted octanol–water partition coefficient (Wildman–Crippen LogP) is 5.14. The second-order valence-electron chi connectivity index (χ2n) is 5.85. The Labute approximate surface area is 151 Å². The number of nitrogens with zero attached hydrogens (tertiary/aromatic N) is 1. The molecule has 3 rings (SSSR count). The number of ether oxygens (including phenoxy) is 1. The summed E-state index contributed by atoms with van der Waals surface area (Å²) in [5, 5.41) is 2.79. The molecule has 132 valence electrons. The van der Waals surface area contributed by atoms with E-state index in [-0.39, 0.29) is 5.91 Å². The average molecular weight is 350 g/mol. The molecule has 0 unspecified atom stereocenters. The first kappa shape index (κ1) is 17.6. The number of amides is 1. The van der Waals surface area contributed by atoms with Crippen LogP contribution in [0.15, 0.2) is 60.7 Å². The van der Waals surface area contributed by atoms with Crippen molar-refractivity contribution in [3.63, 3.8) is 0 Å². The number of pyridine rings is 1. The Morgan fingerprint density at radius 3 is 2.54 bits per heavy atom. The number of carbonyl (C=O) groups is 1. The van der Waals surface area contributed by atoms with Crippen molar-refractivity contribution < 1.29 is 13.9 Å². The van der Waals surface area contributed by atoms with Crippen LogP contribution in [0, 0.1) is 12.9 Å². The largest absolute Gasteiger partial charge is 0.457 e. The summed E-state index contributed by atoms with van der Waals surface area (Å²) in [6.45, 7) is 3.68. The summed E-state index contributed by atoms with van der Waals surface area (Å²) in [5.41, 5.74) is 2.44. The Hall–Kier alpha value is -3.21. The molecule has 1 N–H and O–H groups in total. The monoisotopic (exact) mass is 350 g/mol. The van der Waals surface area contributed by atoms with Gasteiger partial charge in [0, 0.05) is 11.8 Å². The molecule has 0 spiro atoms. The van der Waals surface area contributed by atoms with Gasteiger partial charge in [0.2, 0.25) is 5.95 Å².